The van der Waals surface area contributed by atoms with E-state index in [0.717, 1.165) is 0 Å². The minimum atomic E-state index is -0.869. The van der Waals surface area contributed by atoms with Crippen LogP contribution in [0.1, 0.15) is 20.3 Å². The molecule has 0 bridgehead atoms. The van der Waals surface area contributed by atoms with Gasteiger partial charge in [-0.1, -0.05) is 13.8 Å². The second-order valence-electron chi connectivity index (χ2n) is 4.08. The SMILES string of the molecule is CC1(C)C(OC(=O)CO)CC1C(=O)O. The number of carbonyl (C=O) groups is 2. The Morgan fingerprint density at radius 3 is 2.43 bits per heavy atom. The zero-order valence-electron chi connectivity index (χ0n) is 8.19. The molecule has 0 radical (unpaired) electrons. The summed E-state index contributed by atoms with van der Waals surface area (Å²) in [6.45, 7) is 2.82. The third kappa shape index (κ3) is 1.72. The van der Waals surface area contributed by atoms with Crippen LogP contribution >= 0.6 is 0 Å². The van der Waals surface area contributed by atoms with Gasteiger partial charge in [-0.15, -0.1) is 0 Å². The van der Waals surface area contributed by atoms with E-state index in [1.807, 2.05) is 0 Å². The third-order valence-electron chi connectivity index (χ3n) is 2.88. The average molecular weight is 202 g/mol. The van der Waals surface area contributed by atoms with Gasteiger partial charge in [0.2, 0.25) is 0 Å². The molecule has 0 aromatic carbocycles. The number of carboxylic acid groups (broad SMARTS) is 1. The maximum absolute atomic E-state index is 10.8. The first-order valence-corrected chi connectivity index (χ1v) is 4.42. The summed E-state index contributed by atoms with van der Waals surface area (Å²) in [5, 5.41) is 17.2. The maximum Gasteiger partial charge on any atom is 0.332 e. The first kappa shape index (κ1) is 11.0. The minimum Gasteiger partial charge on any atom is -0.481 e. The number of aliphatic carboxylic acids is 1. The second-order valence-corrected chi connectivity index (χ2v) is 4.08. The standard InChI is InChI=1S/C9H14O5/c1-9(2)5(8(12)13)3-6(9)14-7(11)4-10/h5-6,10H,3-4H2,1-2H3,(H,12,13). The summed E-state index contributed by atoms with van der Waals surface area (Å²) in [6, 6.07) is 0. The van der Waals surface area contributed by atoms with Crippen LogP contribution in [0, 0.1) is 11.3 Å². The molecule has 0 spiro atoms. The average Bonchev–Trinajstić information content (AvgIpc) is 2.10. The van der Waals surface area contributed by atoms with E-state index in [4.69, 9.17) is 14.9 Å². The smallest absolute Gasteiger partial charge is 0.332 e. The van der Waals surface area contributed by atoms with Crippen molar-refractivity contribution in [2.24, 2.45) is 11.3 Å². The Kier molecular flexibility index (Phi) is 2.80. The lowest BCUT2D eigenvalue weighted by atomic mass is 9.60. The number of esters is 1. The molecule has 0 saturated heterocycles. The van der Waals surface area contributed by atoms with Gasteiger partial charge in [-0.05, 0) is 6.42 Å². The van der Waals surface area contributed by atoms with Crippen molar-refractivity contribution in [2.45, 2.75) is 26.4 Å². The summed E-state index contributed by atoms with van der Waals surface area (Å²) in [6.07, 6.45) is -0.0723. The van der Waals surface area contributed by atoms with Crippen LogP contribution in [0.4, 0.5) is 0 Å². The molecule has 0 aliphatic heterocycles. The molecule has 1 aliphatic rings. The highest BCUT2D eigenvalue weighted by Gasteiger charge is 2.54. The number of hydrogen-bond donors (Lipinski definition) is 2. The molecule has 0 aromatic rings. The van der Waals surface area contributed by atoms with Gasteiger partial charge < -0.3 is 14.9 Å². The van der Waals surface area contributed by atoms with Crippen molar-refractivity contribution in [3.8, 4) is 0 Å². The Morgan fingerprint density at radius 1 is 1.50 bits per heavy atom. The van der Waals surface area contributed by atoms with E-state index in [1.165, 1.54) is 0 Å². The van der Waals surface area contributed by atoms with E-state index in [2.05, 4.69) is 0 Å². The zero-order chi connectivity index (χ0) is 10.9. The van der Waals surface area contributed by atoms with Crippen LogP contribution in [-0.4, -0.2) is 34.9 Å². The zero-order valence-corrected chi connectivity index (χ0v) is 8.19. The quantitative estimate of drug-likeness (QED) is 0.630. The maximum atomic E-state index is 10.8. The predicted molar refractivity (Wildman–Crippen MR) is 46.5 cm³/mol. The molecule has 0 amide bonds. The number of aliphatic hydroxyl groups is 1. The Labute approximate surface area is 81.7 Å². The molecule has 2 N–H and O–H groups in total. The van der Waals surface area contributed by atoms with Crippen LogP contribution in [0.25, 0.3) is 0 Å². The van der Waals surface area contributed by atoms with Gasteiger partial charge in [0.25, 0.3) is 0 Å². The molecule has 2 atom stereocenters. The fourth-order valence-electron chi connectivity index (χ4n) is 1.70. The van der Waals surface area contributed by atoms with Gasteiger partial charge in [0.1, 0.15) is 12.7 Å². The van der Waals surface area contributed by atoms with Gasteiger partial charge in [-0.2, -0.15) is 0 Å². The Hall–Kier alpha value is -1.10. The van der Waals surface area contributed by atoms with Crippen molar-refractivity contribution in [3.05, 3.63) is 0 Å². The molecule has 1 rings (SSSR count). The fourth-order valence-corrected chi connectivity index (χ4v) is 1.70. The normalized spacial score (nSPS) is 29.1. The minimum absolute atomic E-state index is 0.327. The molecule has 14 heavy (non-hydrogen) atoms. The monoisotopic (exact) mass is 202 g/mol. The summed E-state index contributed by atoms with van der Waals surface area (Å²) >= 11 is 0. The lowest BCUT2D eigenvalue weighted by molar-refractivity contribution is -0.190. The molecular formula is C9H14O5. The fraction of sp³-hybridized carbons (Fsp3) is 0.778. The Bertz CT molecular complexity index is 258. The predicted octanol–water partition coefficient (Wildman–Crippen LogP) is 0.0212. The summed E-state index contributed by atoms with van der Waals surface area (Å²) < 4.78 is 4.88. The van der Waals surface area contributed by atoms with Crippen molar-refractivity contribution >= 4 is 11.9 Å². The molecule has 1 saturated carbocycles. The molecule has 80 valence electrons. The Balaban J connectivity index is 2.54. The van der Waals surface area contributed by atoms with E-state index >= 15 is 0 Å². The van der Waals surface area contributed by atoms with Crippen molar-refractivity contribution in [1.29, 1.82) is 0 Å². The van der Waals surface area contributed by atoms with E-state index in [1.54, 1.807) is 13.8 Å². The number of aliphatic hydroxyl groups excluding tert-OH is 1. The first-order chi connectivity index (χ1) is 6.39. The van der Waals surface area contributed by atoms with Gasteiger partial charge in [0.05, 0.1) is 5.92 Å². The van der Waals surface area contributed by atoms with Crippen molar-refractivity contribution in [3.63, 3.8) is 0 Å². The topological polar surface area (TPSA) is 83.8 Å². The van der Waals surface area contributed by atoms with Crippen molar-refractivity contribution in [2.75, 3.05) is 6.61 Å². The molecule has 1 aliphatic carbocycles. The molecule has 5 heteroatoms. The number of rotatable bonds is 3. The largest absolute Gasteiger partial charge is 0.481 e. The molecule has 0 heterocycles. The second kappa shape index (κ2) is 3.57. The van der Waals surface area contributed by atoms with Crippen LogP contribution < -0.4 is 0 Å². The van der Waals surface area contributed by atoms with Gasteiger partial charge in [-0.25, -0.2) is 4.79 Å². The molecule has 1 fully saturated rings. The first-order valence-electron chi connectivity index (χ1n) is 4.42. The third-order valence-corrected chi connectivity index (χ3v) is 2.88. The van der Waals surface area contributed by atoms with E-state index in [0.29, 0.717) is 6.42 Å². The van der Waals surface area contributed by atoms with Crippen molar-refractivity contribution in [1.82, 2.24) is 0 Å². The molecule has 0 aromatic heterocycles. The van der Waals surface area contributed by atoms with Crippen LogP contribution in [0.3, 0.4) is 0 Å². The van der Waals surface area contributed by atoms with Gasteiger partial charge in [-0.3, -0.25) is 4.79 Å². The molecular weight excluding hydrogens is 188 g/mol. The van der Waals surface area contributed by atoms with Gasteiger partial charge >= 0.3 is 11.9 Å². The summed E-state index contributed by atoms with van der Waals surface area (Å²) in [5.41, 5.74) is -0.545. The lowest BCUT2D eigenvalue weighted by Crippen LogP contribution is -2.54. The van der Waals surface area contributed by atoms with Crippen LogP contribution in [-0.2, 0) is 14.3 Å². The number of hydrogen-bond acceptors (Lipinski definition) is 4. The number of carboxylic acids is 1. The van der Waals surface area contributed by atoms with E-state index in [-0.39, 0.29) is 0 Å². The lowest BCUT2D eigenvalue weighted by Gasteiger charge is -2.48. The number of carbonyl (C=O) groups excluding carboxylic acids is 1. The van der Waals surface area contributed by atoms with Gasteiger partial charge in [0, 0.05) is 5.41 Å². The molecule has 2 unspecified atom stereocenters. The van der Waals surface area contributed by atoms with E-state index < -0.39 is 36.0 Å². The van der Waals surface area contributed by atoms with E-state index in [9.17, 15) is 9.59 Å². The number of ether oxygens (including phenoxy) is 1. The highest BCUT2D eigenvalue weighted by atomic mass is 16.6. The van der Waals surface area contributed by atoms with Crippen LogP contribution in [0.5, 0.6) is 0 Å². The van der Waals surface area contributed by atoms with Crippen molar-refractivity contribution < 1.29 is 24.5 Å². The summed E-state index contributed by atoms with van der Waals surface area (Å²) in [4.78, 5) is 21.5. The highest BCUT2D eigenvalue weighted by molar-refractivity contribution is 5.74. The Morgan fingerprint density at radius 2 is 2.07 bits per heavy atom. The van der Waals surface area contributed by atoms with Gasteiger partial charge in [0.15, 0.2) is 0 Å². The summed E-state index contributed by atoms with van der Waals surface area (Å²) in [7, 11) is 0. The molecule has 5 nitrogen and oxygen atoms in total. The van der Waals surface area contributed by atoms with Crippen LogP contribution in [0.15, 0.2) is 0 Å². The summed E-state index contributed by atoms with van der Waals surface area (Å²) in [5.74, 6) is -2.04. The highest BCUT2D eigenvalue weighted by Crippen LogP contribution is 2.48. The van der Waals surface area contributed by atoms with Crippen LogP contribution in [0.2, 0.25) is 0 Å².